The number of halogens is 2. The zero-order chi connectivity index (χ0) is 22.7. The minimum Gasteiger partial charge on any atom is -0.384 e. The molecule has 1 fully saturated rings. The van der Waals surface area contributed by atoms with E-state index in [1.54, 1.807) is 6.92 Å². The van der Waals surface area contributed by atoms with Crippen molar-refractivity contribution in [2.75, 3.05) is 25.4 Å². The van der Waals surface area contributed by atoms with Gasteiger partial charge < -0.3 is 11.5 Å². The largest absolute Gasteiger partial charge is 0.384 e. The van der Waals surface area contributed by atoms with E-state index in [4.69, 9.17) is 23.1 Å². The lowest BCUT2D eigenvalue weighted by Gasteiger charge is -2.34. The molecular weight excluding hydrogens is 425 g/mol. The molecule has 4 N–H and O–H groups in total. The molecule has 31 heavy (non-hydrogen) atoms. The highest BCUT2D eigenvalue weighted by molar-refractivity contribution is 6.30. The monoisotopic (exact) mass is 451 g/mol. The van der Waals surface area contributed by atoms with Gasteiger partial charge in [0.1, 0.15) is 17.2 Å². The third-order valence-corrected chi connectivity index (χ3v) is 6.05. The number of carbonyl (C=O) groups is 1. The molecule has 0 amide bonds. The number of ketones is 1. The second kappa shape index (κ2) is 9.76. The zero-order valence-corrected chi connectivity index (χ0v) is 18.2. The van der Waals surface area contributed by atoms with Crippen molar-refractivity contribution < 1.29 is 9.18 Å². The van der Waals surface area contributed by atoms with Gasteiger partial charge in [-0.2, -0.15) is 0 Å². The Hall–Kier alpha value is -2.49. The standard InChI is InChI=1S/C21H27ClFN5O3/c1-2-27-20(30)18(17(29)12-26-8-4-3-5-14(26)10-24)19(25)28(21(27)31)11-13-6-7-16(23)15(22)9-13/h6-7,9,14H,2-5,8,10-12,24-25H2,1H3. The van der Waals surface area contributed by atoms with Crippen LogP contribution in [-0.4, -0.2) is 45.5 Å². The van der Waals surface area contributed by atoms with Gasteiger partial charge in [0.15, 0.2) is 5.78 Å². The van der Waals surface area contributed by atoms with Gasteiger partial charge in [0, 0.05) is 19.1 Å². The van der Waals surface area contributed by atoms with Crippen molar-refractivity contribution in [2.45, 2.75) is 45.3 Å². The number of piperidine rings is 1. The van der Waals surface area contributed by atoms with Gasteiger partial charge in [0.25, 0.3) is 5.56 Å². The Morgan fingerprint density at radius 1 is 1.26 bits per heavy atom. The molecule has 1 aromatic carbocycles. The third kappa shape index (κ3) is 4.73. The number of anilines is 1. The van der Waals surface area contributed by atoms with Crippen molar-refractivity contribution in [3.63, 3.8) is 0 Å². The molecule has 0 bridgehead atoms. The van der Waals surface area contributed by atoms with Crippen LogP contribution in [-0.2, 0) is 13.1 Å². The first-order valence-corrected chi connectivity index (χ1v) is 10.7. The van der Waals surface area contributed by atoms with Gasteiger partial charge in [-0.25, -0.2) is 9.18 Å². The highest BCUT2D eigenvalue weighted by Crippen LogP contribution is 2.19. The number of nitrogens with zero attached hydrogens (tertiary/aromatic N) is 3. The van der Waals surface area contributed by atoms with E-state index in [-0.39, 0.29) is 42.1 Å². The van der Waals surface area contributed by atoms with Crippen LogP contribution < -0.4 is 22.7 Å². The predicted octanol–water partition coefficient (Wildman–Crippen LogP) is 1.45. The Labute approximate surface area is 184 Å². The van der Waals surface area contributed by atoms with E-state index < -0.39 is 22.8 Å². The lowest BCUT2D eigenvalue weighted by molar-refractivity contribution is 0.0849. The van der Waals surface area contributed by atoms with Crippen molar-refractivity contribution in [1.82, 2.24) is 14.0 Å². The Morgan fingerprint density at radius 2 is 2.00 bits per heavy atom. The number of likely N-dealkylation sites (tertiary alicyclic amines) is 1. The molecule has 1 aromatic heterocycles. The summed E-state index contributed by atoms with van der Waals surface area (Å²) in [7, 11) is 0. The quantitative estimate of drug-likeness (QED) is 0.615. The van der Waals surface area contributed by atoms with Gasteiger partial charge in [0.2, 0.25) is 0 Å². The maximum Gasteiger partial charge on any atom is 0.332 e. The van der Waals surface area contributed by atoms with E-state index in [2.05, 4.69) is 0 Å². The summed E-state index contributed by atoms with van der Waals surface area (Å²) in [6.07, 6.45) is 2.88. The number of rotatable bonds is 7. The van der Waals surface area contributed by atoms with Gasteiger partial charge in [-0.15, -0.1) is 0 Å². The fourth-order valence-corrected chi connectivity index (χ4v) is 4.23. The Morgan fingerprint density at radius 3 is 2.65 bits per heavy atom. The summed E-state index contributed by atoms with van der Waals surface area (Å²) < 4.78 is 15.6. The molecule has 1 atom stereocenters. The minimum atomic E-state index is -0.704. The van der Waals surface area contributed by atoms with Crippen LogP contribution >= 0.6 is 11.6 Å². The molecule has 10 heteroatoms. The van der Waals surface area contributed by atoms with Crippen molar-refractivity contribution in [3.8, 4) is 0 Å². The summed E-state index contributed by atoms with van der Waals surface area (Å²) in [6, 6.07) is 4.10. The van der Waals surface area contributed by atoms with Crippen LogP contribution in [0.3, 0.4) is 0 Å². The molecule has 1 aliphatic rings. The minimum absolute atomic E-state index is 0.00556. The van der Waals surface area contributed by atoms with Gasteiger partial charge in [-0.05, 0) is 44.0 Å². The number of benzene rings is 1. The number of aromatic nitrogens is 2. The molecule has 0 radical (unpaired) electrons. The van der Waals surface area contributed by atoms with E-state index in [9.17, 15) is 18.8 Å². The second-order valence-corrected chi connectivity index (χ2v) is 8.11. The number of hydrogen-bond donors (Lipinski definition) is 2. The average Bonchev–Trinajstić information content (AvgIpc) is 2.74. The SMILES string of the molecule is CCn1c(=O)c(C(=O)CN2CCCCC2CN)c(N)n(Cc2ccc(F)c(Cl)c2)c1=O. The summed E-state index contributed by atoms with van der Waals surface area (Å²) >= 11 is 5.84. The molecule has 168 valence electrons. The van der Waals surface area contributed by atoms with Gasteiger partial charge in [-0.3, -0.25) is 23.6 Å². The fraction of sp³-hybridized carbons (Fsp3) is 0.476. The van der Waals surface area contributed by atoms with Gasteiger partial charge >= 0.3 is 5.69 Å². The molecule has 1 saturated heterocycles. The Bertz CT molecular complexity index is 1100. The maximum atomic E-state index is 13.5. The van der Waals surface area contributed by atoms with Gasteiger partial charge in [0.05, 0.1) is 18.1 Å². The summed E-state index contributed by atoms with van der Waals surface area (Å²) in [4.78, 5) is 40.9. The summed E-state index contributed by atoms with van der Waals surface area (Å²) in [5.74, 6) is -1.24. The van der Waals surface area contributed by atoms with Crippen LogP contribution in [0.5, 0.6) is 0 Å². The molecule has 0 spiro atoms. The van der Waals surface area contributed by atoms with Crippen LogP contribution in [0.15, 0.2) is 27.8 Å². The molecule has 2 aromatic rings. The van der Waals surface area contributed by atoms with Crippen molar-refractivity contribution in [1.29, 1.82) is 0 Å². The molecule has 1 aliphatic heterocycles. The fourth-order valence-electron chi connectivity index (χ4n) is 4.03. The highest BCUT2D eigenvalue weighted by Gasteiger charge is 2.28. The van der Waals surface area contributed by atoms with E-state index >= 15 is 0 Å². The number of hydrogen-bond acceptors (Lipinski definition) is 6. The molecule has 1 unspecified atom stereocenters. The van der Waals surface area contributed by atoms with Crippen LogP contribution in [0.4, 0.5) is 10.2 Å². The lowest BCUT2D eigenvalue weighted by atomic mass is 10.0. The topological polar surface area (TPSA) is 116 Å². The van der Waals surface area contributed by atoms with E-state index in [0.29, 0.717) is 18.7 Å². The highest BCUT2D eigenvalue weighted by atomic mass is 35.5. The average molecular weight is 452 g/mol. The first kappa shape index (κ1) is 23.2. The third-order valence-electron chi connectivity index (χ3n) is 5.76. The van der Waals surface area contributed by atoms with Crippen molar-refractivity contribution >= 4 is 23.2 Å². The molecule has 3 rings (SSSR count). The van der Waals surface area contributed by atoms with Gasteiger partial charge in [-0.1, -0.05) is 24.1 Å². The second-order valence-electron chi connectivity index (χ2n) is 7.71. The van der Waals surface area contributed by atoms with Crippen LogP contribution in [0.25, 0.3) is 0 Å². The maximum absolute atomic E-state index is 13.5. The lowest BCUT2D eigenvalue weighted by Crippen LogP contribution is -2.49. The Kier molecular flexibility index (Phi) is 7.30. The molecule has 8 nitrogen and oxygen atoms in total. The number of nitrogens with two attached hydrogens (primary N) is 2. The van der Waals surface area contributed by atoms with Crippen LogP contribution in [0.1, 0.15) is 42.1 Å². The van der Waals surface area contributed by atoms with Crippen molar-refractivity contribution in [3.05, 3.63) is 61.0 Å². The summed E-state index contributed by atoms with van der Waals surface area (Å²) in [6.45, 7) is 2.81. The normalized spacial score (nSPS) is 17.1. The first-order valence-electron chi connectivity index (χ1n) is 10.3. The molecular formula is C21H27ClFN5O3. The summed E-state index contributed by atoms with van der Waals surface area (Å²) in [5, 5.41) is -0.0952. The number of nitrogen functional groups attached to an aromatic ring is 1. The number of carbonyl (C=O) groups excluding carboxylic acids is 1. The first-order chi connectivity index (χ1) is 14.8. The number of Topliss-reactive ketones (excluding diaryl/α,β-unsaturated/α-hetero) is 1. The van der Waals surface area contributed by atoms with Crippen molar-refractivity contribution in [2.24, 2.45) is 5.73 Å². The van der Waals surface area contributed by atoms with E-state index in [1.807, 2.05) is 4.90 Å². The predicted molar refractivity (Wildman–Crippen MR) is 118 cm³/mol. The van der Waals surface area contributed by atoms with Crippen LogP contribution in [0.2, 0.25) is 5.02 Å². The summed E-state index contributed by atoms with van der Waals surface area (Å²) in [5.41, 5.74) is 11.0. The van der Waals surface area contributed by atoms with E-state index in [1.165, 1.54) is 18.2 Å². The van der Waals surface area contributed by atoms with E-state index in [0.717, 1.165) is 28.4 Å². The molecule has 0 saturated carbocycles. The zero-order valence-electron chi connectivity index (χ0n) is 17.4. The Balaban J connectivity index is 2.02. The molecule has 2 heterocycles. The smallest absolute Gasteiger partial charge is 0.332 e. The van der Waals surface area contributed by atoms with Crippen LogP contribution in [0, 0.1) is 5.82 Å². The molecule has 0 aliphatic carbocycles.